The number of Topliss-reactive ketones (excluding diaryl/α,β-unsaturated/α-hetero) is 2. The number of anilines is 3. The van der Waals surface area contributed by atoms with Crippen molar-refractivity contribution in [2.45, 2.75) is 65.5 Å². The zero-order valence-electron chi connectivity index (χ0n) is 35.6. The van der Waals surface area contributed by atoms with Gasteiger partial charge in [0.15, 0.2) is 23.2 Å². The van der Waals surface area contributed by atoms with Crippen LogP contribution in [0.15, 0.2) is 102 Å². The molecule has 17 heteroatoms. The fourth-order valence-electron chi connectivity index (χ4n) is 7.27. The number of carbonyl (C=O) groups excluding carboxylic acids is 4. The molecule has 2 aliphatic heterocycles. The van der Waals surface area contributed by atoms with Gasteiger partial charge in [-0.25, -0.2) is 19.6 Å². The Morgan fingerprint density at radius 2 is 1.10 bits per heavy atom. The van der Waals surface area contributed by atoms with Crippen molar-refractivity contribution in [3.05, 3.63) is 113 Å². The van der Waals surface area contributed by atoms with Gasteiger partial charge in [-0.05, 0) is 114 Å². The van der Waals surface area contributed by atoms with Gasteiger partial charge in [0.25, 0.3) is 0 Å². The SMILES string of the molecule is CC(C)n1cnnc1-c1cccc(N2CCN(c3ccc(C(=O)C4CC4)cc3)C2=O)n1.CC(C)n1cnnc1-c1cccc(N2CCNC2=O)n1.O=C(c1ccc(Br)cc1)C1CC1. The van der Waals surface area contributed by atoms with E-state index >= 15 is 0 Å². The van der Waals surface area contributed by atoms with Crippen molar-refractivity contribution in [1.29, 1.82) is 0 Å². The fourth-order valence-corrected chi connectivity index (χ4v) is 7.53. The third kappa shape index (κ3) is 9.88. The third-order valence-corrected chi connectivity index (χ3v) is 11.6. The highest BCUT2D eigenvalue weighted by atomic mass is 79.9. The van der Waals surface area contributed by atoms with Crippen LogP contribution in [0.1, 0.15) is 86.2 Å². The number of pyridine rings is 2. The van der Waals surface area contributed by atoms with E-state index in [2.05, 4.69) is 74.3 Å². The lowest BCUT2D eigenvalue weighted by molar-refractivity contribution is 0.0960. The van der Waals surface area contributed by atoms with Gasteiger partial charge < -0.3 is 14.5 Å². The van der Waals surface area contributed by atoms with Crippen LogP contribution in [0.2, 0.25) is 0 Å². The number of halogens is 1. The van der Waals surface area contributed by atoms with Crippen molar-refractivity contribution in [2.75, 3.05) is 40.9 Å². The van der Waals surface area contributed by atoms with Gasteiger partial charge in [-0.2, -0.15) is 0 Å². The first-order valence-corrected chi connectivity index (χ1v) is 22.1. The summed E-state index contributed by atoms with van der Waals surface area (Å²) in [5.41, 5.74) is 3.75. The summed E-state index contributed by atoms with van der Waals surface area (Å²) in [4.78, 5) is 62.8. The van der Waals surface area contributed by atoms with Crippen molar-refractivity contribution in [3.63, 3.8) is 0 Å². The standard InChI is InChI=1S/C23H24N6O2.C13H16N6O.C10H9BrO/c1-15(2)29-14-24-26-22(29)19-4-3-5-20(25-19)28-13-12-27(23(28)31)18-10-8-17(9-11-18)21(30)16-6-7-16;1-9(2)19-8-15-17-12(19)10-4-3-5-11(16-10)18-7-6-14-13(18)20;11-9-5-3-8(4-6-9)10(12)7-1-2-7/h3-5,8-11,14-16H,6-7,12-13H2,1-2H3;3-5,8-9H,6-7H2,1-2H3,(H,14,20);3-7H,1-2H2. The second-order valence-corrected chi connectivity index (χ2v) is 17.3. The summed E-state index contributed by atoms with van der Waals surface area (Å²) in [6.07, 6.45) is 7.51. The molecule has 63 heavy (non-hydrogen) atoms. The molecule has 2 aliphatic carbocycles. The van der Waals surface area contributed by atoms with E-state index in [4.69, 9.17) is 4.98 Å². The molecule has 4 aromatic heterocycles. The zero-order chi connectivity index (χ0) is 44.2. The summed E-state index contributed by atoms with van der Waals surface area (Å²) in [7, 11) is 0. The number of rotatable bonds is 11. The Bertz CT molecular complexity index is 2600. The number of hydrogen-bond acceptors (Lipinski definition) is 10. The first-order chi connectivity index (χ1) is 30.5. The Kier molecular flexibility index (Phi) is 12.8. The van der Waals surface area contributed by atoms with Gasteiger partial charge in [0, 0.05) is 71.4 Å². The summed E-state index contributed by atoms with van der Waals surface area (Å²) < 4.78 is 4.93. The predicted octanol–water partition coefficient (Wildman–Crippen LogP) is 8.45. The van der Waals surface area contributed by atoms with Crippen LogP contribution in [0.4, 0.5) is 26.9 Å². The molecular weight excluding hydrogens is 864 g/mol. The molecule has 0 unspecified atom stereocenters. The van der Waals surface area contributed by atoms with E-state index in [1.807, 2.05) is 94.1 Å². The average molecular weight is 914 g/mol. The van der Waals surface area contributed by atoms with Crippen molar-refractivity contribution in [2.24, 2.45) is 11.8 Å². The monoisotopic (exact) mass is 912 g/mol. The smallest absolute Gasteiger partial charge is 0.330 e. The molecule has 6 heterocycles. The van der Waals surface area contributed by atoms with Crippen molar-refractivity contribution in [1.82, 2.24) is 44.8 Å². The number of ketones is 2. The summed E-state index contributed by atoms with van der Waals surface area (Å²) >= 11 is 3.34. The quantitative estimate of drug-likeness (QED) is 0.124. The lowest BCUT2D eigenvalue weighted by Crippen LogP contribution is -2.32. The highest BCUT2D eigenvalue weighted by Crippen LogP contribution is 2.34. The average Bonchev–Trinajstić information content (AvgIpc) is 4.10. The maximum atomic E-state index is 13.1. The maximum Gasteiger partial charge on any atom is 0.330 e. The summed E-state index contributed by atoms with van der Waals surface area (Å²) in [6, 6.07) is 26.3. The molecule has 4 aliphatic rings. The Morgan fingerprint density at radius 1 is 0.619 bits per heavy atom. The van der Waals surface area contributed by atoms with E-state index in [9.17, 15) is 19.2 Å². The van der Waals surface area contributed by atoms with Crippen LogP contribution >= 0.6 is 15.9 Å². The topological polar surface area (TPSA) is 177 Å². The number of urea groups is 2. The first kappa shape index (κ1) is 43.0. The van der Waals surface area contributed by atoms with Crippen LogP contribution in [0.3, 0.4) is 0 Å². The van der Waals surface area contributed by atoms with Gasteiger partial charge in [-0.3, -0.25) is 24.3 Å². The third-order valence-electron chi connectivity index (χ3n) is 11.1. The lowest BCUT2D eigenvalue weighted by Gasteiger charge is -2.19. The predicted molar refractivity (Wildman–Crippen MR) is 243 cm³/mol. The Balaban J connectivity index is 0.000000145. The van der Waals surface area contributed by atoms with E-state index in [-0.39, 0.29) is 35.8 Å². The summed E-state index contributed by atoms with van der Waals surface area (Å²) in [5, 5.41) is 19.0. The molecule has 2 saturated heterocycles. The molecule has 0 atom stereocenters. The van der Waals surface area contributed by atoms with E-state index in [1.54, 1.807) is 27.4 Å². The number of hydrogen-bond donors (Lipinski definition) is 1. The van der Waals surface area contributed by atoms with Gasteiger partial charge in [0.2, 0.25) is 0 Å². The van der Waals surface area contributed by atoms with Crippen LogP contribution in [0.5, 0.6) is 0 Å². The number of nitrogens with one attached hydrogen (secondary N) is 1. The molecule has 1 N–H and O–H groups in total. The molecule has 16 nitrogen and oxygen atoms in total. The highest BCUT2D eigenvalue weighted by molar-refractivity contribution is 9.10. The number of benzene rings is 2. The van der Waals surface area contributed by atoms with Crippen LogP contribution in [-0.4, -0.2) is 89.3 Å². The van der Waals surface area contributed by atoms with Gasteiger partial charge in [-0.15, -0.1) is 20.4 Å². The van der Waals surface area contributed by atoms with Gasteiger partial charge in [-0.1, -0.05) is 40.2 Å². The molecule has 324 valence electrons. The molecule has 4 fully saturated rings. The van der Waals surface area contributed by atoms with Crippen LogP contribution in [0.25, 0.3) is 23.0 Å². The van der Waals surface area contributed by atoms with Crippen LogP contribution in [0, 0.1) is 11.8 Å². The van der Waals surface area contributed by atoms with E-state index in [1.165, 1.54) is 0 Å². The number of amides is 4. The van der Waals surface area contributed by atoms with Crippen LogP contribution in [-0.2, 0) is 0 Å². The normalized spacial score (nSPS) is 15.9. The number of aromatic nitrogens is 8. The van der Waals surface area contributed by atoms with E-state index in [0.717, 1.165) is 47.0 Å². The molecule has 4 amide bonds. The van der Waals surface area contributed by atoms with E-state index < -0.39 is 0 Å². The minimum absolute atomic E-state index is 0.111. The van der Waals surface area contributed by atoms with Gasteiger partial charge in [0.1, 0.15) is 35.7 Å². The second-order valence-electron chi connectivity index (χ2n) is 16.4. The highest BCUT2D eigenvalue weighted by Gasteiger charge is 2.34. The summed E-state index contributed by atoms with van der Waals surface area (Å²) in [5.74, 6) is 3.64. The van der Waals surface area contributed by atoms with Crippen LogP contribution < -0.4 is 20.0 Å². The largest absolute Gasteiger partial charge is 0.336 e. The molecule has 0 spiro atoms. The molecule has 2 saturated carbocycles. The Hall–Kier alpha value is -6.62. The summed E-state index contributed by atoms with van der Waals surface area (Å²) in [6.45, 7) is 10.6. The lowest BCUT2D eigenvalue weighted by atomic mass is 10.1. The van der Waals surface area contributed by atoms with E-state index in [0.29, 0.717) is 72.6 Å². The molecule has 2 aromatic carbocycles. The first-order valence-electron chi connectivity index (χ1n) is 21.3. The van der Waals surface area contributed by atoms with Crippen molar-refractivity contribution >= 4 is 56.9 Å². The van der Waals surface area contributed by atoms with Crippen molar-refractivity contribution < 1.29 is 19.2 Å². The molecule has 6 aromatic rings. The molecule has 0 bridgehead atoms. The molecule has 10 rings (SSSR count). The number of carbonyl (C=O) groups is 4. The molecule has 0 radical (unpaired) electrons. The number of nitrogens with zero attached hydrogens (tertiary/aromatic N) is 11. The second kappa shape index (κ2) is 18.8. The Labute approximate surface area is 373 Å². The van der Waals surface area contributed by atoms with Crippen molar-refractivity contribution in [3.8, 4) is 23.0 Å². The fraction of sp³-hybridized carbons (Fsp3) is 0.348. The minimum Gasteiger partial charge on any atom is -0.336 e. The van der Waals surface area contributed by atoms with Gasteiger partial charge >= 0.3 is 12.1 Å². The Morgan fingerprint density at radius 3 is 1.56 bits per heavy atom. The molecular formula is C46H49BrN12O4. The minimum atomic E-state index is -0.128. The zero-order valence-corrected chi connectivity index (χ0v) is 37.2. The maximum absolute atomic E-state index is 13.1. The van der Waals surface area contributed by atoms with Gasteiger partial charge in [0.05, 0.1) is 0 Å².